The largest absolute Gasteiger partial charge is 0.480 e. The van der Waals surface area contributed by atoms with E-state index >= 15 is 0 Å². The molecule has 4 N–H and O–H groups in total. The minimum Gasteiger partial charge on any atom is -0.480 e. The molecular weight excluding hydrogens is 476 g/mol. The molecule has 3 heterocycles. The van der Waals surface area contributed by atoms with Crippen molar-refractivity contribution >= 4 is 23.0 Å². The summed E-state index contributed by atoms with van der Waals surface area (Å²) in [6.07, 6.45) is 4.09. The summed E-state index contributed by atoms with van der Waals surface area (Å²) in [4.78, 5) is 33.9. The lowest BCUT2D eigenvalue weighted by Gasteiger charge is -2.06. The average Bonchev–Trinajstić information content (AvgIpc) is 3.42. The first-order valence-corrected chi connectivity index (χ1v) is 11.7. The van der Waals surface area contributed by atoms with Gasteiger partial charge in [0.05, 0.1) is 51.9 Å². The van der Waals surface area contributed by atoms with Crippen molar-refractivity contribution in [3.8, 4) is 6.01 Å². The van der Waals surface area contributed by atoms with Crippen LogP contribution in [0.1, 0.15) is 25.5 Å². The number of H-pyrrole nitrogens is 1. The minimum atomic E-state index is -1.01. The van der Waals surface area contributed by atoms with E-state index < -0.39 is 5.97 Å². The second-order valence-electron chi connectivity index (χ2n) is 7.77. The molecule has 3 aromatic rings. The number of aryl methyl sites for hydroxylation is 2. The molecule has 198 valence electrons. The van der Waals surface area contributed by atoms with E-state index in [1.165, 1.54) is 4.57 Å². The number of unbranched alkanes of at least 4 members (excludes halogenated alkanes) is 1. The number of hydrogen-bond donors (Lipinski definition) is 3. The number of aromatic amines is 1. The van der Waals surface area contributed by atoms with E-state index in [1.807, 2.05) is 0 Å². The molecular formula is C21H32N8O7. The maximum atomic E-state index is 12.5. The van der Waals surface area contributed by atoms with Gasteiger partial charge >= 0.3 is 17.7 Å². The molecule has 0 spiro atoms. The quantitative estimate of drug-likeness (QED) is 0.193. The number of aromatic nitrogens is 7. The Balaban J connectivity index is 1.42. The lowest BCUT2D eigenvalue weighted by molar-refractivity contribution is -0.142. The molecule has 0 saturated carbocycles. The molecule has 0 aliphatic carbocycles. The first-order valence-electron chi connectivity index (χ1n) is 11.7. The Hall–Kier alpha value is -3.56. The maximum absolute atomic E-state index is 12.5. The Morgan fingerprint density at radius 3 is 2.58 bits per heavy atom. The molecule has 3 aromatic heterocycles. The van der Waals surface area contributed by atoms with Crippen LogP contribution in [-0.4, -0.2) is 91.8 Å². The number of nitrogens with one attached hydrogen (secondary N) is 1. The first-order chi connectivity index (χ1) is 17.5. The number of nitrogens with zero attached hydrogens (tertiary/aromatic N) is 6. The first kappa shape index (κ1) is 27.0. The van der Waals surface area contributed by atoms with Crippen molar-refractivity contribution in [1.29, 1.82) is 0 Å². The summed E-state index contributed by atoms with van der Waals surface area (Å²) in [6, 6.07) is 0.143. The molecule has 36 heavy (non-hydrogen) atoms. The van der Waals surface area contributed by atoms with E-state index in [1.54, 1.807) is 10.9 Å². The highest BCUT2D eigenvalue weighted by Gasteiger charge is 2.15. The Bertz CT molecular complexity index is 1160. The van der Waals surface area contributed by atoms with Gasteiger partial charge in [0.15, 0.2) is 11.5 Å². The van der Waals surface area contributed by atoms with Crippen LogP contribution in [0.4, 0.5) is 5.82 Å². The van der Waals surface area contributed by atoms with Crippen molar-refractivity contribution in [2.24, 2.45) is 0 Å². The number of imidazole rings is 1. The zero-order chi connectivity index (χ0) is 25.8. The van der Waals surface area contributed by atoms with Gasteiger partial charge in [0.2, 0.25) is 0 Å². The predicted molar refractivity (Wildman–Crippen MR) is 127 cm³/mol. The molecule has 0 aliphatic heterocycles. The third kappa shape index (κ3) is 8.28. The molecule has 0 atom stereocenters. The second-order valence-corrected chi connectivity index (χ2v) is 7.77. The minimum absolute atomic E-state index is 0.143. The lowest BCUT2D eigenvalue weighted by Crippen LogP contribution is -2.18. The smallest absolute Gasteiger partial charge is 0.329 e. The highest BCUT2D eigenvalue weighted by molar-refractivity contribution is 5.81. The maximum Gasteiger partial charge on any atom is 0.329 e. The molecule has 15 heteroatoms. The molecule has 0 saturated heterocycles. The standard InChI is InChI=1S/C21H32N8O7/c1-2-3-7-36-20-24-18(22)17-19(25-20)29(21(32)23-17)5-4-15-13-28(27-26-15)6-8-33-9-10-34-11-12-35-14-16(30)31/h13H,2-12,14H2,1H3,(H,23,32)(H,30,31)(H2,22,24,25). The van der Waals surface area contributed by atoms with Gasteiger partial charge in [-0.2, -0.15) is 9.97 Å². The van der Waals surface area contributed by atoms with Crippen LogP contribution >= 0.6 is 0 Å². The van der Waals surface area contributed by atoms with Gasteiger partial charge in [-0.15, -0.1) is 5.10 Å². The van der Waals surface area contributed by atoms with Gasteiger partial charge in [-0.05, 0) is 6.42 Å². The molecule has 0 fully saturated rings. The van der Waals surface area contributed by atoms with Crippen LogP contribution in [0, 0.1) is 0 Å². The number of carboxylic acid groups (broad SMARTS) is 1. The van der Waals surface area contributed by atoms with Crippen LogP contribution in [-0.2, 0) is 38.5 Å². The molecule has 0 unspecified atom stereocenters. The number of rotatable bonds is 18. The summed E-state index contributed by atoms with van der Waals surface area (Å²) in [7, 11) is 0. The second kappa shape index (κ2) is 14.1. The number of ether oxygens (including phenoxy) is 4. The van der Waals surface area contributed by atoms with Crippen LogP contribution in [0.15, 0.2) is 11.0 Å². The summed E-state index contributed by atoms with van der Waals surface area (Å²) in [5.41, 5.74) is 7.11. The van der Waals surface area contributed by atoms with Gasteiger partial charge in [-0.1, -0.05) is 18.6 Å². The molecule has 15 nitrogen and oxygen atoms in total. The van der Waals surface area contributed by atoms with E-state index in [2.05, 4.69) is 32.2 Å². The monoisotopic (exact) mass is 508 g/mol. The summed E-state index contributed by atoms with van der Waals surface area (Å²) >= 11 is 0. The Kier molecular flexibility index (Phi) is 10.6. The lowest BCUT2D eigenvalue weighted by atomic mass is 10.3. The van der Waals surface area contributed by atoms with Crippen molar-refractivity contribution < 1.29 is 28.8 Å². The fourth-order valence-electron chi connectivity index (χ4n) is 3.16. The number of aliphatic carboxylic acids is 1. The number of hydrogen-bond acceptors (Lipinski definition) is 11. The highest BCUT2D eigenvalue weighted by Crippen LogP contribution is 2.18. The third-order valence-electron chi connectivity index (χ3n) is 4.97. The molecule has 0 bridgehead atoms. The number of nitrogen functional groups attached to an aromatic ring is 1. The molecule has 0 amide bonds. The normalized spacial score (nSPS) is 11.4. The fraction of sp³-hybridized carbons (Fsp3) is 0.619. The van der Waals surface area contributed by atoms with E-state index in [-0.39, 0.29) is 30.7 Å². The summed E-state index contributed by atoms with van der Waals surface area (Å²) < 4.78 is 24.3. The van der Waals surface area contributed by atoms with Gasteiger partial charge in [-0.25, -0.2) is 14.3 Å². The number of carboxylic acids is 1. The molecule has 0 aliphatic rings. The number of carbonyl (C=O) groups is 1. The van der Waals surface area contributed by atoms with Gasteiger partial charge in [0, 0.05) is 19.2 Å². The summed E-state index contributed by atoms with van der Waals surface area (Å²) in [6.45, 7) is 4.71. The molecule has 0 aromatic carbocycles. The van der Waals surface area contributed by atoms with E-state index in [0.29, 0.717) is 69.4 Å². The van der Waals surface area contributed by atoms with Crippen LogP contribution in [0.2, 0.25) is 0 Å². The number of anilines is 1. The van der Waals surface area contributed by atoms with Crippen molar-refractivity contribution in [2.75, 3.05) is 52.0 Å². The van der Waals surface area contributed by atoms with Crippen molar-refractivity contribution in [3.05, 3.63) is 22.4 Å². The van der Waals surface area contributed by atoms with Crippen molar-refractivity contribution in [1.82, 2.24) is 34.5 Å². The predicted octanol–water partition coefficient (Wildman–Crippen LogP) is -0.151. The zero-order valence-electron chi connectivity index (χ0n) is 20.2. The van der Waals surface area contributed by atoms with Gasteiger partial charge < -0.3 is 34.8 Å². The van der Waals surface area contributed by atoms with Crippen molar-refractivity contribution in [3.63, 3.8) is 0 Å². The Labute approximate surface area is 206 Å². The average molecular weight is 509 g/mol. The van der Waals surface area contributed by atoms with E-state index in [4.69, 9.17) is 29.8 Å². The highest BCUT2D eigenvalue weighted by atomic mass is 16.5. The Morgan fingerprint density at radius 2 is 1.83 bits per heavy atom. The molecule has 0 radical (unpaired) electrons. The van der Waals surface area contributed by atoms with Gasteiger partial charge in [0.1, 0.15) is 12.1 Å². The van der Waals surface area contributed by atoms with Crippen LogP contribution in [0.5, 0.6) is 6.01 Å². The zero-order valence-corrected chi connectivity index (χ0v) is 20.2. The topological polar surface area (TPSA) is 195 Å². The SMILES string of the molecule is CCCCOc1nc(N)c2[nH]c(=O)n(CCc3cn(CCOCCOCCOCC(=O)O)nn3)c2n1. The van der Waals surface area contributed by atoms with E-state index in [0.717, 1.165) is 12.8 Å². The van der Waals surface area contributed by atoms with Crippen LogP contribution in [0.25, 0.3) is 11.2 Å². The van der Waals surface area contributed by atoms with Crippen LogP contribution < -0.4 is 16.2 Å². The van der Waals surface area contributed by atoms with Crippen LogP contribution in [0.3, 0.4) is 0 Å². The number of nitrogens with two attached hydrogens (primary N) is 1. The van der Waals surface area contributed by atoms with Crippen molar-refractivity contribution in [2.45, 2.75) is 39.3 Å². The van der Waals surface area contributed by atoms with Gasteiger partial charge in [0.25, 0.3) is 0 Å². The summed E-state index contributed by atoms with van der Waals surface area (Å²) in [5, 5.41) is 16.7. The fourth-order valence-corrected chi connectivity index (χ4v) is 3.16. The third-order valence-corrected chi connectivity index (χ3v) is 4.97. The molecule has 3 rings (SSSR count). The Morgan fingerprint density at radius 1 is 1.08 bits per heavy atom. The number of fused-ring (bicyclic) bond motifs is 1. The summed E-state index contributed by atoms with van der Waals surface area (Å²) in [5.74, 6) is -0.853. The van der Waals surface area contributed by atoms with Gasteiger partial charge in [-0.3, -0.25) is 4.57 Å². The van der Waals surface area contributed by atoms with E-state index in [9.17, 15) is 9.59 Å².